The lowest BCUT2D eigenvalue weighted by atomic mass is 10.0. The number of pyridine rings is 2. The largest absolute Gasteiger partial charge is 0.573 e. The molecule has 5 N–H and O–H groups in total. The molecular weight excluding hydrogens is 949 g/mol. The number of fused-ring (bicyclic) bond motifs is 4. The van der Waals surface area contributed by atoms with Gasteiger partial charge in [0.05, 0.1) is 45.1 Å². The number of aromatic nitrogens is 10. The van der Waals surface area contributed by atoms with Crippen LogP contribution >= 0.6 is 34.8 Å². The van der Waals surface area contributed by atoms with Gasteiger partial charge < -0.3 is 30.5 Å². The predicted octanol–water partition coefficient (Wildman–Crippen LogP) is 11.7. The number of nitrogens with zero attached hydrogens (tertiary/aromatic N) is 8. The van der Waals surface area contributed by atoms with Crippen molar-refractivity contribution >= 4 is 84.8 Å². The number of H-pyrrole nitrogens is 2. The summed E-state index contributed by atoms with van der Waals surface area (Å²) in [5, 5.41) is 5.90. The fourth-order valence-corrected chi connectivity index (χ4v) is 7.37. The highest BCUT2D eigenvalue weighted by atomic mass is 35.5. The minimum atomic E-state index is -4.85. The first-order chi connectivity index (χ1) is 32.2. The van der Waals surface area contributed by atoms with Gasteiger partial charge in [-0.25, -0.2) is 39.9 Å². The van der Waals surface area contributed by atoms with Gasteiger partial charge in [-0.05, 0) is 59.7 Å². The van der Waals surface area contributed by atoms with Crippen LogP contribution in [0.25, 0.3) is 66.6 Å². The van der Waals surface area contributed by atoms with Crippen LogP contribution in [-0.4, -0.2) is 62.6 Å². The number of benzene rings is 4. The van der Waals surface area contributed by atoms with E-state index in [-0.39, 0.29) is 35.7 Å². The Bertz CT molecular complexity index is 3370. The molecule has 0 aliphatic rings. The van der Waals surface area contributed by atoms with Crippen molar-refractivity contribution in [1.82, 2.24) is 49.8 Å². The lowest BCUT2D eigenvalue weighted by Gasteiger charge is -2.17. The van der Waals surface area contributed by atoms with E-state index in [1.54, 1.807) is 42.5 Å². The van der Waals surface area contributed by atoms with E-state index in [0.717, 1.165) is 10.8 Å². The Morgan fingerprint density at radius 3 is 1.60 bits per heavy atom. The molecule has 10 rings (SSSR count). The summed E-state index contributed by atoms with van der Waals surface area (Å²) >= 11 is 18.2. The van der Waals surface area contributed by atoms with E-state index in [4.69, 9.17) is 40.5 Å². The fraction of sp³-hybridized carbons (Fsp3) is 0.0909. The number of rotatable bonds is 8. The smallest absolute Gasteiger partial charge is 0.405 e. The lowest BCUT2D eigenvalue weighted by molar-refractivity contribution is -0.275. The van der Waals surface area contributed by atoms with E-state index < -0.39 is 12.7 Å². The molecule has 67 heavy (non-hydrogen) atoms. The average molecular weight is 978 g/mol. The van der Waals surface area contributed by atoms with Gasteiger partial charge in [0.25, 0.3) is 0 Å². The number of nitrogens with two attached hydrogens (primary N) is 1. The molecule has 6 heterocycles. The van der Waals surface area contributed by atoms with Gasteiger partial charge >= 0.3 is 12.7 Å². The zero-order valence-electron chi connectivity index (χ0n) is 33.8. The van der Waals surface area contributed by atoms with Crippen molar-refractivity contribution in [2.24, 2.45) is 5.73 Å². The number of aromatic amines is 2. The van der Waals surface area contributed by atoms with Crippen molar-refractivity contribution < 1.29 is 35.8 Å². The molecule has 14 nitrogen and oxygen atoms in total. The summed E-state index contributed by atoms with van der Waals surface area (Å²) < 4.78 is 85.5. The summed E-state index contributed by atoms with van der Waals surface area (Å²) in [6.07, 6.45) is -3.86. The summed E-state index contributed by atoms with van der Waals surface area (Å²) in [4.78, 5) is 38.8. The van der Waals surface area contributed by atoms with Crippen molar-refractivity contribution in [1.29, 1.82) is 0 Å². The third-order valence-corrected chi connectivity index (χ3v) is 10.4. The number of halogens is 9. The molecule has 0 spiro atoms. The Morgan fingerprint density at radius 1 is 0.567 bits per heavy atom. The van der Waals surface area contributed by atoms with E-state index in [2.05, 4.69) is 64.6 Å². The van der Waals surface area contributed by atoms with Crippen LogP contribution in [0.15, 0.2) is 122 Å². The van der Waals surface area contributed by atoms with Crippen LogP contribution in [0.3, 0.4) is 0 Å². The van der Waals surface area contributed by atoms with Gasteiger partial charge in [0.1, 0.15) is 35.2 Å². The van der Waals surface area contributed by atoms with Gasteiger partial charge in [-0.2, -0.15) is 0 Å². The third kappa shape index (κ3) is 10.8. The molecule has 0 bridgehead atoms. The Balaban J connectivity index is 0.000000155. The van der Waals surface area contributed by atoms with Crippen LogP contribution in [-0.2, 0) is 13.1 Å². The minimum absolute atomic E-state index is 0.116. The zero-order chi connectivity index (χ0) is 47.3. The molecule has 0 saturated carbocycles. The fourth-order valence-electron chi connectivity index (χ4n) is 6.73. The molecule has 6 aromatic heterocycles. The predicted molar refractivity (Wildman–Crippen MR) is 241 cm³/mol. The Hall–Kier alpha value is -7.39. The highest BCUT2D eigenvalue weighted by Crippen LogP contribution is 2.39. The summed E-state index contributed by atoms with van der Waals surface area (Å²) in [5.41, 5.74) is 11.3. The summed E-state index contributed by atoms with van der Waals surface area (Å²) in [6, 6.07) is 25.8. The third-order valence-electron chi connectivity index (χ3n) is 9.55. The normalized spacial score (nSPS) is 11.6. The maximum Gasteiger partial charge on any atom is 0.573 e. The van der Waals surface area contributed by atoms with Gasteiger partial charge in [0.15, 0.2) is 22.3 Å². The van der Waals surface area contributed by atoms with Crippen molar-refractivity contribution in [3.05, 3.63) is 149 Å². The maximum atomic E-state index is 13.0. The first kappa shape index (κ1) is 46.2. The molecule has 0 aliphatic heterocycles. The number of anilines is 1. The maximum absolute atomic E-state index is 13.0. The molecule has 0 atom stereocenters. The molecule has 0 radical (unpaired) electrons. The first-order valence-electron chi connectivity index (χ1n) is 19.4. The molecule has 0 aliphatic carbocycles. The number of hydrogen-bond donors (Lipinski definition) is 4. The Labute approximate surface area is 388 Å². The molecule has 10 aromatic rings. The van der Waals surface area contributed by atoms with Gasteiger partial charge in [-0.3, -0.25) is 0 Å². The lowest BCUT2D eigenvalue weighted by Crippen LogP contribution is -2.18. The van der Waals surface area contributed by atoms with Gasteiger partial charge in [-0.15, -0.1) is 26.3 Å². The summed E-state index contributed by atoms with van der Waals surface area (Å²) in [5.74, 6) is -0.198. The zero-order valence-corrected chi connectivity index (χ0v) is 36.1. The molecule has 23 heteroatoms. The van der Waals surface area contributed by atoms with E-state index in [9.17, 15) is 26.3 Å². The Morgan fingerprint density at radius 2 is 1.06 bits per heavy atom. The van der Waals surface area contributed by atoms with Crippen molar-refractivity contribution in [3.8, 4) is 34.0 Å². The standard InChI is InChI=1S/C22H14ClF3N6O.C17H12ClF3N2O.C5H3ClN4/c23-15-6-3-4-12-8-13(9-27-20-19-21(29-10-28-19)31-11-30-20)17(32-18(12)15)14-5-1-2-7-16(14)33-22(24,25)26;18-13-6-3-4-10-8-11(9-22)15(23-16(10)13)12-5-1-2-7-14(12)24-17(19,20)21;6-4-3-5(9-1-7-3)10-2-8-4/h1-8,10-11H,9H2,(H2,27,28,29,30,31);1-8H,9,22H2;1-2H,(H,7,8,9,10). The summed E-state index contributed by atoms with van der Waals surface area (Å²) in [7, 11) is 0. The van der Waals surface area contributed by atoms with E-state index in [0.29, 0.717) is 76.9 Å². The van der Waals surface area contributed by atoms with Crippen LogP contribution < -0.4 is 20.5 Å². The number of imidazole rings is 2. The second kappa shape index (κ2) is 19.6. The first-order valence-corrected chi connectivity index (χ1v) is 20.5. The molecule has 0 unspecified atom stereocenters. The monoisotopic (exact) mass is 976 g/mol. The number of nitrogens with one attached hydrogen (secondary N) is 3. The number of hydrogen-bond acceptors (Lipinski definition) is 12. The SMILES string of the molecule is Clc1ncnc2nc[nH]c12.FC(F)(F)Oc1ccccc1-c1nc2c(Cl)cccc2cc1CNc1ncnc2nc[nH]c12.NCc1cc2cccc(Cl)c2nc1-c1ccccc1OC(F)(F)F. The molecule has 0 saturated heterocycles. The van der Waals surface area contributed by atoms with Crippen molar-refractivity contribution in [3.63, 3.8) is 0 Å². The molecule has 0 amide bonds. The van der Waals surface area contributed by atoms with Crippen LogP contribution in [0.2, 0.25) is 15.2 Å². The topological polar surface area (TPSA) is 191 Å². The number of ether oxygens (including phenoxy) is 2. The number of para-hydroxylation sites is 4. The molecule has 340 valence electrons. The van der Waals surface area contributed by atoms with Crippen LogP contribution in [0, 0.1) is 0 Å². The molecular formula is C44H29Cl3F6N12O2. The second-order valence-corrected chi connectivity index (χ2v) is 15.0. The quantitative estimate of drug-likeness (QED) is 0.0833. The molecule has 4 aromatic carbocycles. The Kier molecular flexibility index (Phi) is 13.5. The van der Waals surface area contributed by atoms with E-state index in [1.165, 1.54) is 61.7 Å². The van der Waals surface area contributed by atoms with Crippen molar-refractivity contribution in [2.45, 2.75) is 25.8 Å². The van der Waals surface area contributed by atoms with E-state index >= 15 is 0 Å². The highest BCUT2D eigenvalue weighted by molar-refractivity contribution is 6.35. The number of alkyl halides is 6. The van der Waals surface area contributed by atoms with Crippen LogP contribution in [0.1, 0.15) is 11.1 Å². The van der Waals surface area contributed by atoms with Crippen molar-refractivity contribution in [2.75, 3.05) is 5.32 Å². The summed E-state index contributed by atoms with van der Waals surface area (Å²) in [6.45, 7) is 0.321. The highest BCUT2D eigenvalue weighted by Gasteiger charge is 2.33. The van der Waals surface area contributed by atoms with Gasteiger partial charge in [-0.1, -0.05) is 83.3 Å². The van der Waals surface area contributed by atoms with Gasteiger partial charge in [0.2, 0.25) is 0 Å². The van der Waals surface area contributed by atoms with Crippen LogP contribution in [0.4, 0.5) is 32.2 Å². The second-order valence-electron chi connectivity index (χ2n) is 13.8. The molecule has 0 fully saturated rings. The van der Waals surface area contributed by atoms with E-state index in [1.807, 2.05) is 18.2 Å². The average Bonchev–Trinajstić information content (AvgIpc) is 4.00. The van der Waals surface area contributed by atoms with Gasteiger partial charge in [0, 0.05) is 35.0 Å². The minimum Gasteiger partial charge on any atom is -0.405 e. The van der Waals surface area contributed by atoms with Crippen LogP contribution in [0.5, 0.6) is 11.5 Å².